The first-order valence-corrected chi connectivity index (χ1v) is 12.1. The number of carbonyl (C=O) groups is 1. The maximum absolute atomic E-state index is 12.1. The van der Waals surface area contributed by atoms with E-state index in [0.29, 0.717) is 24.8 Å². The number of nitrogens with zero attached hydrogens (tertiary/aromatic N) is 6. The van der Waals surface area contributed by atoms with Gasteiger partial charge in [0.2, 0.25) is 0 Å². The van der Waals surface area contributed by atoms with Gasteiger partial charge in [0.05, 0.1) is 11.7 Å². The fourth-order valence-corrected chi connectivity index (χ4v) is 3.92. The number of rotatable bonds is 11. The predicted molar refractivity (Wildman–Crippen MR) is 139 cm³/mol. The van der Waals surface area contributed by atoms with Crippen LogP contribution in [0, 0.1) is 0 Å². The van der Waals surface area contributed by atoms with E-state index in [1.54, 1.807) is 11.1 Å². The highest BCUT2D eigenvalue weighted by Gasteiger charge is 2.14. The Kier molecular flexibility index (Phi) is 7.87. The van der Waals surface area contributed by atoms with Crippen LogP contribution in [0.15, 0.2) is 53.6 Å². The highest BCUT2D eigenvalue weighted by Crippen LogP contribution is 2.26. The van der Waals surface area contributed by atoms with Crippen LogP contribution in [0.1, 0.15) is 39.2 Å². The quantitative estimate of drug-likeness (QED) is 0.255. The number of fused-ring (bicyclic) bond motifs is 3. The Balaban J connectivity index is 1.42. The summed E-state index contributed by atoms with van der Waals surface area (Å²) in [5.74, 6) is 0.946. The van der Waals surface area contributed by atoms with E-state index in [-0.39, 0.29) is 12.5 Å². The average Bonchev–Trinajstić information content (AvgIpc) is 3.20. The molecule has 4 aromatic rings. The lowest BCUT2D eigenvalue weighted by atomic mass is 10.2. The number of hydrogen-bond acceptors (Lipinski definition) is 7. The van der Waals surface area contributed by atoms with Crippen molar-refractivity contribution in [3.05, 3.63) is 54.1 Å². The second-order valence-electron chi connectivity index (χ2n) is 8.12. The molecule has 0 fully saturated rings. The molecule has 182 valence electrons. The Labute approximate surface area is 204 Å². The van der Waals surface area contributed by atoms with Crippen LogP contribution in [-0.4, -0.2) is 56.5 Å². The molecule has 2 heterocycles. The maximum Gasteiger partial charge on any atom is 0.265 e. The topological polar surface area (TPSA) is 97.5 Å². The van der Waals surface area contributed by atoms with Gasteiger partial charge in [-0.25, -0.2) is 5.43 Å². The van der Waals surface area contributed by atoms with Crippen molar-refractivity contribution in [2.75, 3.05) is 25.1 Å². The number of anilines is 1. The fourth-order valence-electron chi connectivity index (χ4n) is 3.92. The Bertz CT molecular complexity index is 1310. The molecule has 9 heteroatoms. The van der Waals surface area contributed by atoms with Gasteiger partial charge in [-0.3, -0.25) is 4.79 Å². The Hall–Kier alpha value is -4.01. The molecule has 0 bridgehead atoms. The summed E-state index contributed by atoms with van der Waals surface area (Å²) < 4.78 is 7.80. The third-order valence-electron chi connectivity index (χ3n) is 5.85. The van der Waals surface area contributed by atoms with Crippen molar-refractivity contribution in [2.45, 2.75) is 40.2 Å². The van der Waals surface area contributed by atoms with Gasteiger partial charge in [-0.2, -0.15) is 10.1 Å². The van der Waals surface area contributed by atoms with Crippen molar-refractivity contribution < 1.29 is 9.53 Å². The first-order valence-electron chi connectivity index (χ1n) is 12.1. The van der Waals surface area contributed by atoms with E-state index in [1.807, 2.05) is 50.2 Å². The number of amides is 1. The number of carbonyl (C=O) groups excluding carboxylic acids is 1. The van der Waals surface area contributed by atoms with Crippen LogP contribution in [-0.2, 0) is 11.3 Å². The van der Waals surface area contributed by atoms with Gasteiger partial charge in [0, 0.05) is 25.0 Å². The minimum atomic E-state index is -0.0239. The summed E-state index contributed by atoms with van der Waals surface area (Å²) in [5, 5.41) is 13.9. The third kappa shape index (κ3) is 5.56. The van der Waals surface area contributed by atoms with Crippen LogP contribution in [0.3, 0.4) is 0 Å². The summed E-state index contributed by atoms with van der Waals surface area (Å²) in [4.78, 5) is 18.5. The van der Waals surface area contributed by atoms with Gasteiger partial charge in [-0.1, -0.05) is 31.5 Å². The Morgan fingerprint density at radius 2 is 1.86 bits per heavy atom. The van der Waals surface area contributed by atoms with Crippen molar-refractivity contribution in [3.63, 3.8) is 0 Å². The predicted octanol–water partition coefficient (Wildman–Crippen LogP) is 4.47. The normalized spacial score (nSPS) is 11.4. The molecule has 0 saturated heterocycles. The van der Waals surface area contributed by atoms with Gasteiger partial charge in [0.25, 0.3) is 11.9 Å². The van der Waals surface area contributed by atoms with Crippen molar-refractivity contribution in [1.82, 2.24) is 24.6 Å². The largest absolute Gasteiger partial charge is 0.484 e. The standard InChI is InChI=1S/C26H31N7O2/c1-4-7-16-33-22-11-9-8-10-21(22)24-25(33)28-26(31-29-24)30-27-17-19-12-14-20(15-13-19)35-18-23(34)32(5-2)6-3/h8-15,17H,4-7,16,18H2,1-3H3,(H,28,30,31)/b27-17+. The van der Waals surface area contributed by atoms with Gasteiger partial charge < -0.3 is 14.2 Å². The number of para-hydroxylation sites is 1. The number of aryl methyl sites for hydroxylation is 1. The number of ether oxygens (including phenoxy) is 1. The van der Waals surface area contributed by atoms with Gasteiger partial charge in [-0.15, -0.1) is 10.2 Å². The summed E-state index contributed by atoms with van der Waals surface area (Å²) in [5.41, 5.74) is 6.45. The number of hydrazone groups is 1. The average molecular weight is 474 g/mol. The van der Waals surface area contributed by atoms with E-state index in [0.717, 1.165) is 47.0 Å². The summed E-state index contributed by atoms with van der Waals surface area (Å²) in [6.45, 7) is 8.33. The summed E-state index contributed by atoms with van der Waals surface area (Å²) >= 11 is 0. The maximum atomic E-state index is 12.1. The molecule has 0 aliphatic rings. The highest BCUT2D eigenvalue weighted by molar-refractivity contribution is 6.04. The number of unbranched alkanes of at least 4 members (excludes halogenated alkanes) is 1. The van der Waals surface area contributed by atoms with Crippen LogP contribution in [0.4, 0.5) is 5.95 Å². The smallest absolute Gasteiger partial charge is 0.265 e. The molecule has 0 atom stereocenters. The van der Waals surface area contributed by atoms with E-state index in [4.69, 9.17) is 4.74 Å². The van der Waals surface area contributed by atoms with Crippen LogP contribution in [0.5, 0.6) is 5.75 Å². The Morgan fingerprint density at radius 3 is 2.60 bits per heavy atom. The van der Waals surface area contributed by atoms with Crippen molar-refractivity contribution in [2.24, 2.45) is 5.10 Å². The first-order chi connectivity index (χ1) is 17.1. The summed E-state index contributed by atoms with van der Waals surface area (Å²) in [7, 11) is 0. The molecule has 1 amide bonds. The van der Waals surface area contributed by atoms with Crippen LogP contribution in [0.2, 0.25) is 0 Å². The number of hydrogen-bond donors (Lipinski definition) is 1. The van der Waals surface area contributed by atoms with E-state index in [2.05, 4.69) is 49.3 Å². The van der Waals surface area contributed by atoms with Gasteiger partial charge in [0.15, 0.2) is 12.3 Å². The minimum Gasteiger partial charge on any atom is -0.484 e. The molecule has 2 aromatic heterocycles. The zero-order chi connectivity index (χ0) is 24.6. The molecule has 0 spiro atoms. The zero-order valence-electron chi connectivity index (χ0n) is 20.4. The van der Waals surface area contributed by atoms with Crippen molar-refractivity contribution >= 4 is 40.1 Å². The van der Waals surface area contributed by atoms with E-state index in [9.17, 15) is 4.79 Å². The second-order valence-corrected chi connectivity index (χ2v) is 8.12. The summed E-state index contributed by atoms with van der Waals surface area (Å²) in [6, 6.07) is 15.5. The van der Waals surface area contributed by atoms with Crippen LogP contribution >= 0.6 is 0 Å². The van der Waals surface area contributed by atoms with Crippen LogP contribution < -0.4 is 10.2 Å². The third-order valence-corrected chi connectivity index (χ3v) is 5.85. The second kappa shape index (κ2) is 11.4. The lowest BCUT2D eigenvalue weighted by Gasteiger charge is -2.18. The number of nitrogens with one attached hydrogen (secondary N) is 1. The molecular weight excluding hydrogens is 442 g/mol. The molecule has 0 saturated carbocycles. The molecule has 2 aromatic carbocycles. The molecule has 0 aliphatic carbocycles. The molecule has 0 aliphatic heterocycles. The van der Waals surface area contributed by atoms with E-state index < -0.39 is 0 Å². The zero-order valence-corrected chi connectivity index (χ0v) is 20.4. The SMILES string of the molecule is CCCCn1c2ccccc2c2nnc(N/N=C/c3ccc(OCC(=O)N(CC)CC)cc3)nc21. The van der Waals surface area contributed by atoms with E-state index in [1.165, 1.54) is 0 Å². The van der Waals surface area contributed by atoms with Crippen molar-refractivity contribution in [1.29, 1.82) is 0 Å². The molecule has 1 N–H and O–H groups in total. The molecule has 35 heavy (non-hydrogen) atoms. The monoisotopic (exact) mass is 473 g/mol. The molecular formula is C26H31N7O2. The van der Waals surface area contributed by atoms with E-state index >= 15 is 0 Å². The molecule has 4 rings (SSSR count). The number of benzene rings is 2. The van der Waals surface area contributed by atoms with Gasteiger partial charge in [0.1, 0.15) is 11.3 Å². The molecule has 0 unspecified atom stereocenters. The molecule has 0 radical (unpaired) electrons. The van der Waals surface area contributed by atoms with Gasteiger partial charge >= 0.3 is 0 Å². The molecule has 9 nitrogen and oxygen atoms in total. The highest BCUT2D eigenvalue weighted by atomic mass is 16.5. The van der Waals surface area contributed by atoms with Gasteiger partial charge in [-0.05, 0) is 56.2 Å². The number of likely N-dealkylation sites (N-methyl/N-ethyl adjacent to an activating group) is 1. The fraction of sp³-hybridized carbons (Fsp3) is 0.346. The lowest BCUT2D eigenvalue weighted by Crippen LogP contribution is -2.34. The number of aromatic nitrogens is 4. The minimum absolute atomic E-state index is 0.0239. The first kappa shape index (κ1) is 24.1. The Morgan fingerprint density at radius 1 is 1.09 bits per heavy atom. The van der Waals surface area contributed by atoms with Crippen LogP contribution in [0.25, 0.3) is 22.1 Å². The van der Waals surface area contributed by atoms with Crippen molar-refractivity contribution in [3.8, 4) is 5.75 Å². The lowest BCUT2D eigenvalue weighted by molar-refractivity contribution is -0.132. The summed E-state index contributed by atoms with van der Waals surface area (Å²) in [6.07, 6.45) is 3.82.